The maximum Gasteiger partial charge on any atom is 0.277 e. The van der Waals surface area contributed by atoms with Gasteiger partial charge < -0.3 is 9.47 Å². The second kappa shape index (κ2) is 10.1. The Hall–Kier alpha value is -3.69. The van der Waals surface area contributed by atoms with Gasteiger partial charge in [0, 0.05) is 17.7 Å². The van der Waals surface area contributed by atoms with Crippen molar-refractivity contribution >= 4 is 20.2 Å². The van der Waals surface area contributed by atoms with Crippen molar-refractivity contribution < 1.29 is 14.4 Å². The van der Waals surface area contributed by atoms with E-state index < -0.39 is 0 Å². The van der Waals surface area contributed by atoms with Gasteiger partial charge in [-0.3, -0.25) is 10.1 Å². The Morgan fingerprint density at radius 2 is 1.53 bits per heavy atom. The third-order valence-corrected chi connectivity index (χ3v) is 6.27. The zero-order valence-electron chi connectivity index (χ0n) is 19.4. The molecule has 0 saturated heterocycles. The highest BCUT2D eigenvalue weighted by Crippen LogP contribution is 2.45. The SMILES string of the molecule is COc1cc(P)c(-c2c(-c3c(C)cccc3C)cccc2[N+](=O)[O-])c(OCc2ccccc2)c1. The third-order valence-electron chi connectivity index (χ3n) is 5.82. The number of nitrogens with zero attached hydrogens (tertiary/aromatic N) is 1. The number of ether oxygens (including phenoxy) is 2. The molecule has 4 aromatic rings. The van der Waals surface area contributed by atoms with Crippen molar-refractivity contribution in [2.75, 3.05) is 7.11 Å². The van der Waals surface area contributed by atoms with Crippen molar-refractivity contribution in [2.24, 2.45) is 0 Å². The van der Waals surface area contributed by atoms with E-state index in [1.807, 2.05) is 74.5 Å². The van der Waals surface area contributed by atoms with E-state index in [0.29, 0.717) is 29.2 Å². The second-order valence-corrected chi connectivity index (χ2v) is 8.71. The first-order valence-corrected chi connectivity index (χ1v) is 11.5. The maximum absolute atomic E-state index is 12.2. The largest absolute Gasteiger partial charge is 0.497 e. The Kier molecular flexibility index (Phi) is 6.95. The highest BCUT2D eigenvalue weighted by Gasteiger charge is 2.26. The first-order chi connectivity index (χ1) is 16.4. The topological polar surface area (TPSA) is 61.6 Å². The van der Waals surface area contributed by atoms with Gasteiger partial charge in [-0.05, 0) is 53.0 Å². The van der Waals surface area contributed by atoms with Crippen LogP contribution in [-0.2, 0) is 6.61 Å². The van der Waals surface area contributed by atoms with Gasteiger partial charge in [0.25, 0.3) is 5.69 Å². The number of methoxy groups -OCH3 is 1. The molecule has 34 heavy (non-hydrogen) atoms. The molecule has 0 aromatic heterocycles. The van der Waals surface area contributed by atoms with E-state index in [-0.39, 0.29) is 10.6 Å². The molecule has 0 amide bonds. The molecule has 4 aromatic carbocycles. The first-order valence-electron chi connectivity index (χ1n) is 10.9. The third kappa shape index (κ3) is 4.66. The molecule has 0 aliphatic rings. The minimum Gasteiger partial charge on any atom is -0.497 e. The van der Waals surface area contributed by atoms with Crippen LogP contribution in [0.2, 0.25) is 0 Å². The van der Waals surface area contributed by atoms with E-state index in [1.54, 1.807) is 25.3 Å². The van der Waals surface area contributed by atoms with Crippen molar-refractivity contribution in [1.82, 2.24) is 0 Å². The Balaban J connectivity index is 1.99. The molecule has 0 heterocycles. The van der Waals surface area contributed by atoms with Crippen molar-refractivity contribution in [3.05, 3.63) is 106 Å². The molecular formula is C28H26NO4P. The Morgan fingerprint density at radius 3 is 2.18 bits per heavy atom. The Labute approximate surface area is 201 Å². The molecule has 5 nitrogen and oxygen atoms in total. The zero-order valence-corrected chi connectivity index (χ0v) is 20.5. The van der Waals surface area contributed by atoms with E-state index in [2.05, 4.69) is 9.24 Å². The van der Waals surface area contributed by atoms with Crippen LogP contribution in [0, 0.1) is 24.0 Å². The summed E-state index contributed by atoms with van der Waals surface area (Å²) in [5.74, 6) is 1.14. The van der Waals surface area contributed by atoms with Crippen molar-refractivity contribution in [3.8, 4) is 33.8 Å². The van der Waals surface area contributed by atoms with E-state index in [0.717, 1.165) is 33.1 Å². The molecule has 1 unspecified atom stereocenters. The van der Waals surface area contributed by atoms with E-state index in [4.69, 9.17) is 9.47 Å². The molecule has 0 spiro atoms. The summed E-state index contributed by atoms with van der Waals surface area (Å²) in [7, 11) is 4.28. The Morgan fingerprint density at radius 1 is 0.853 bits per heavy atom. The van der Waals surface area contributed by atoms with Crippen LogP contribution in [0.3, 0.4) is 0 Å². The molecule has 0 N–H and O–H groups in total. The van der Waals surface area contributed by atoms with Gasteiger partial charge in [-0.1, -0.05) is 60.7 Å². The van der Waals surface area contributed by atoms with Gasteiger partial charge >= 0.3 is 0 Å². The normalized spacial score (nSPS) is 10.7. The maximum atomic E-state index is 12.2. The number of hydrogen-bond donors (Lipinski definition) is 0. The Bertz CT molecular complexity index is 1330. The van der Waals surface area contributed by atoms with Gasteiger partial charge in [0.1, 0.15) is 18.1 Å². The van der Waals surface area contributed by atoms with Crippen LogP contribution < -0.4 is 14.8 Å². The molecule has 0 saturated carbocycles. The lowest BCUT2D eigenvalue weighted by molar-refractivity contribution is -0.384. The summed E-state index contributed by atoms with van der Waals surface area (Å²) in [6, 6.07) is 24.7. The van der Waals surface area contributed by atoms with E-state index >= 15 is 0 Å². The first kappa shape index (κ1) is 23.5. The average molecular weight is 471 g/mol. The van der Waals surface area contributed by atoms with Crippen LogP contribution in [0.4, 0.5) is 5.69 Å². The summed E-state index contributed by atoms with van der Waals surface area (Å²) in [6.45, 7) is 4.37. The average Bonchev–Trinajstić information content (AvgIpc) is 2.83. The number of nitro groups is 1. The fourth-order valence-corrected chi connectivity index (χ4v) is 4.70. The number of aryl methyl sites for hydroxylation is 2. The van der Waals surface area contributed by atoms with Gasteiger partial charge in [0.15, 0.2) is 0 Å². The molecule has 0 fully saturated rings. The molecular weight excluding hydrogens is 445 g/mol. The lowest BCUT2D eigenvalue weighted by atomic mass is 9.88. The standard InChI is InChI=1S/C28H26NO4P/c1-18-9-7-10-19(2)26(18)22-13-8-14-23(29(30)31)27(22)28-24(15-21(32-3)16-25(28)34)33-17-20-11-5-4-6-12-20/h4-16H,17,34H2,1-3H3. The van der Waals surface area contributed by atoms with Gasteiger partial charge in [0.2, 0.25) is 0 Å². The summed E-state index contributed by atoms with van der Waals surface area (Å²) >= 11 is 0. The van der Waals surface area contributed by atoms with Gasteiger partial charge in [-0.2, -0.15) is 0 Å². The van der Waals surface area contributed by atoms with Crippen molar-refractivity contribution in [2.45, 2.75) is 20.5 Å². The molecule has 6 heteroatoms. The number of nitro benzene ring substituents is 1. The lowest BCUT2D eigenvalue weighted by Crippen LogP contribution is -2.07. The molecule has 0 aliphatic carbocycles. The quantitative estimate of drug-likeness (QED) is 0.172. The fraction of sp³-hybridized carbons (Fsp3) is 0.143. The predicted molar refractivity (Wildman–Crippen MR) is 140 cm³/mol. The molecule has 172 valence electrons. The van der Waals surface area contributed by atoms with Crippen LogP contribution in [0.25, 0.3) is 22.3 Å². The predicted octanol–water partition coefficient (Wildman–Crippen LogP) is 6.63. The van der Waals surface area contributed by atoms with Crippen molar-refractivity contribution in [3.63, 3.8) is 0 Å². The molecule has 0 radical (unpaired) electrons. The highest BCUT2D eigenvalue weighted by molar-refractivity contribution is 7.28. The molecule has 1 atom stereocenters. The van der Waals surface area contributed by atoms with Crippen LogP contribution in [-0.4, -0.2) is 12.0 Å². The summed E-state index contributed by atoms with van der Waals surface area (Å²) in [5, 5.41) is 13.0. The molecule has 4 rings (SSSR count). The minimum atomic E-state index is -0.332. The van der Waals surface area contributed by atoms with Gasteiger partial charge in [-0.15, -0.1) is 9.24 Å². The second-order valence-electron chi connectivity index (χ2n) is 8.09. The van der Waals surface area contributed by atoms with Gasteiger partial charge in [0.05, 0.1) is 17.6 Å². The van der Waals surface area contributed by atoms with Crippen LogP contribution in [0.15, 0.2) is 78.9 Å². The molecule has 0 bridgehead atoms. The number of rotatable bonds is 7. The monoisotopic (exact) mass is 471 g/mol. The number of benzene rings is 4. The van der Waals surface area contributed by atoms with E-state index in [1.165, 1.54) is 0 Å². The van der Waals surface area contributed by atoms with Crippen molar-refractivity contribution in [1.29, 1.82) is 0 Å². The summed E-state index contributed by atoms with van der Waals surface area (Å²) in [5.41, 5.74) is 6.09. The van der Waals surface area contributed by atoms with Crippen LogP contribution >= 0.6 is 9.24 Å². The number of hydrogen-bond acceptors (Lipinski definition) is 4. The van der Waals surface area contributed by atoms with E-state index in [9.17, 15) is 10.1 Å². The highest BCUT2D eigenvalue weighted by atomic mass is 31.0. The lowest BCUT2D eigenvalue weighted by Gasteiger charge is -2.20. The minimum absolute atomic E-state index is 0.0265. The fourth-order valence-electron chi connectivity index (χ4n) is 4.25. The zero-order chi connectivity index (χ0) is 24.2. The van der Waals surface area contributed by atoms with Crippen LogP contribution in [0.1, 0.15) is 16.7 Å². The summed E-state index contributed by atoms with van der Waals surface area (Å²) < 4.78 is 11.8. The van der Waals surface area contributed by atoms with Gasteiger partial charge in [-0.25, -0.2) is 0 Å². The smallest absolute Gasteiger partial charge is 0.277 e. The van der Waals surface area contributed by atoms with Crippen LogP contribution in [0.5, 0.6) is 11.5 Å². The summed E-state index contributed by atoms with van der Waals surface area (Å²) in [4.78, 5) is 11.9. The summed E-state index contributed by atoms with van der Waals surface area (Å²) in [6.07, 6.45) is 0. The molecule has 0 aliphatic heterocycles.